The summed E-state index contributed by atoms with van der Waals surface area (Å²) in [5.74, 6) is -1.53. The lowest BCUT2D eigenvalue weighted by atomic mass is 10.0. The molecule has 1 rings (SSSR count). The van der Waals surface area contributed by atoms with Gasteiger partial charge in [-0.3, -0.25) is 0 Å². The van der Waals surface area contributed by atoms with Crippen LogP contribution in [0.5, 0.6) is 11.5 Å². The molecule has 1 N–H and O–H groups in total. The van der Waals surface area contributed by atoms with Gasteiger partial charge in [-0.25, -0.2) is 9.18 Å². The van der Waals surface area contributed by atoms with E-state index in [1.165, 1.54) is 14.2 Å². The van der Waals surface area contributed by atoms with Gasteiger partial charge in [0, 0.05) is 11.1 Å². The minimum Gasteiger partial charge on any atom is -0.492 e. The Hall–Kier alpha value is -1.82. The van der Waals surface area contributed by atoms with Crippen LogP contribution in [0.4, 0.5) is 4.39 Å². The van der Waals surface area contributed by atoms with Crippen molar-refractivity contribution in [2.45, 2.75) is 13.0 Å². The van der Waals surface area contributed by atoms with E-state index >= 15 is 0 Å². The quantitative estimate of drug-likeness (QED) is 0.826. The van der Waals surface area contributed by atoms with E-state index in [9.17, 15) is 14.3 Å². The Morgan fingerprint density at radius 2 is 1.83 bits per heavy atom. The van der Waals surface area contributed by atoms with Crippen LogP contribution in [-0.2, 0) is 9.53 Å². The minimum absolute atomic E-state index is 0.0733. The molecule has 0 amide bonds. The van der Waals surface area contributed by atoms with E-state index in [1.54, 1.807) is 6.92 Å². The number of carbonyl (C=O) groups is 1. The molecular formula is C12H15FO5. The fourth-order valence-corrected chi connectivity index (χ4v) is 1.68. The summed E-state index contributed by atoms with van der Waals surface area (Å²) in [6, 6.07) is 1.03. The molecular weight excluding hydrogens is 243 g/mol. The van der Waals surface area contributed by atoms with Gasteiger partial charge in [0.05, 0.1) is 21.3 Å². The summed E-state index contributed by atoms with van der Waals surface area (Å²) in [6.07, 6.45) is -1.57. The Bertz CT molecular complexity index is 458. The normalized spacial score (nSPS) is 11.9. The first-order valence-electron chi connectivity index (χ1n) is 5.14. The number of hydrogen-bond donors (Lipinski definition) is 1. The van der Waals surface area contributed by atoms with Gasteiger partial charge in [0.25, 0.3) is 0 Å². The Morgan fingerprint density at radius 1 is 1.28 bits per heavy atom. The van der Waals surface area contributed by atoms with Gasteiger partial charge in [-0.15, -0.1) is 0 Å². The number of methoxy groups -OCH3 is 3. The van der Waals surface area contributed by atoms with Crippen molar-refractivity contribution in [3.63, 3.8) is 0 Å². The molecule has 0 aliphatic heterocycles. The lowest BCUT2D eigenvalue weighted by molar-refractivity contribution is -0.150. The summed E-state index contributed by atoms with van der Waals surface area (Å²) >= 11 is 0. The summed E-state index contributed by atoms with van der Waals surface area (Å²) < 4.78 is 28.0. The zero-order valence-corrected chi connectivity index (χ0v) is 10.6. The highest BCUT2D eigenvalue weighted by Gasteiger charge is 2.25. The Balaban J connectivity index is 3.39. The van der Waals surface area contributed by atoms with Gasteiger partial charge in [-0.05, 0) is 13.0 Å². The van der Waals surface area contributed by atoms with Crippen molar-refractivity contribution in [3.8, 4) is 11.5 Å². The van der Waals surface area contributed by atoms with Crippen molar-refractivity contribution in [2.75, 3.05) is 21.3 Å². The third-order valence-corrected chi connectivity index (χ3v) is 2.61. The molecule has 0 saturated carbocycles. The molecule has 5 nitrogen and oxygen atoms in total. The van der Waals surface area contributed by atoms with Crippen molar-refractivity contribution >= 4 is 5.97 Å². The molecule has 0 saturated heterocycles. The summed E-state index contributed by atoms with van der Waals surface area (Å²) in [6.45, 7) is 1.59. The van der Waals surface area contributed by atoms with E-state index in [0.29, 0.717) is 5.56 Å². The molecule has 18 heavy (non-hydrogen) atoms. The molecule has 0 bridgehead atoms. The SMILES string of the molecule is COC(=O)C(O)c1cc(F)c(OC)c(OC)c1C. The Labute approximate surface area is 104 Å². The third-order valence-electron chi connectivity index (χ3n) is 2.61. The molecule has 0 aliphatic rings. The number of esters is 1. The van der Waals surface area contributed by atoms with Crippen LogP contribution < -0.4 is 9.47 Å². The van der Waals surface area contributed by atoms with E-state index in [2.05, 4.69) is 4.74 Å². The van der Waals surface area contributed by atoms with Gasteiger partial charge < -0.3 is 19.3 Å². The standard InChI is InChI=1S/C12H15FO5/c1-6-7(9(14)12(15)18-4)5-8(13)11(17-3)10(6)16-2/h5,9,14H,1-4H3. The number of carbonyl (C=O) groups excluding carboxylic acids is 1. The molecule has 0 radical (unpaired) electrons. The molecule has 0 fully saturated rings. The fraction of sp³-hybridized carbons (Fsp3) is 0.417. The van der Waals surface area contributed by atoms with Crippen LogP contribution in [0, 0.1) is 12.7 Å². The Morgan fingerprint density at radius 3 is 2.28 bits per heavy atom. The smallest absolute Gasteiger partial charge is 0.339 e. The summed E-state index contributed by atoms with van der Waals surface area (Å²) in [5, 5.41) is 9.74. The van der Waals surface area contributed by atoms with Crippen molar-refractivity contribution < 1.29 is 28.5 Å². The van der Waals surface area contributed by atoms with E-state index in [-0.39, 0.29) is 17.1 Å². The maximum atomic E-state index is 13.7. The first-order chi connectivity index (χ1) is 8.47. The summed E-state index contributed by atoms with van der Waals surface area (Å²) in [7, 11) is 3.79. The lowest BCUT2D eigenvalue weighted by Crippen LogP contribution is -2.15. The predicted molar refractivity (Wildman–Crippen MR) is 61.2 cm³/mol. The van der Waals surface area contributed by atoms with Gasteiger partial charge in [-0.2, -0.15) is 0 Å². The van der Waals surface area contributed by atoms with Gasteiger partial charge in [0.1, 0.15) is 0 Å². The van der Waals surface area contributed by atoms with E-state index in [1.807, 2.05) is 0 Å². The number of aliphatic hydroxyl groups is 1. The monoisotopic (exact) mass is 258 g/mol. The molecule has 1 atom stereocenters. The minimum atomic E-state index is -1.57. The van der Waals surface area contributed by atoms with Gasteiger partial charge in [-0.1, -0.05) is 0 Å². The zero-order valence-electron chi connectivity index (χ0n) is 10.6. The number of rotatable bonds is 4. The lowest BCUT2D eigenvalue weighted by Gasteiger charge is -2.17. The Kier molecular flexibility index (Phi) is 4.49. The van der Waals surface area contributed by atoms with E-state index in [4.69, 9.17) is 9.47 Å². The van der Waals surface area contributed by atoms with Gasteiger partial charge >= 0.3 is 5.97 Å². The summed E-state index contributed by atoms with van der Waals surface area (Å²) in [5.41, 5.74) is 0.491. The van der Waals surface area contributed by atoms with Crippen molar-refractivity contribution in [1.29, 1.82) is 0 Å². The second-order valence-electron chi connectivity index (χ2n) is 3.56. The van der Waals surface area contributed by atoms with E-state index < -0.39 is 17.9 Å². The largest absolute Gasteiger partial charge is 0.492 e. The average molecular weight is 258 g/mol. The summed E-state index contributed by atoms with van der Waals surface area (Å²) in [4.78, 5) is 11.3. The molecule has 1 unspecified atom stereocenters. The molecule has 1 aromatic rings. The van der Waals surface area contributed by atoms with Crippen LogP contribution >= 0.6 is 0 Å². The first kappa shape index (κ1) is 14.2. The molecule has 1 aromatic carbocycles. The van der Waals surface area contributed by atoms with Crippen LogP contribution in [0.2, 0.25) is 0 Å². The zero-order chi connectivity index (χ0) is 13.9. The molecule has 0 aliphatic carbocycles. The highest BCUT2D eigenvalue weighted by atomic mass is 19.1. The molecule has 100 valence electrons. The van der Waals surface area contributed by atoms with Crippen LogP contribution in [0.1, 0.15) is 17.2 Å². The number of aliphatic hydroxyl groups excluding tert-OH is 1. The fourth-order valence-electron chi connectivity index (χ4n) is 1.68. The van der Waals surface area contributed by atoms with Gasteiger partial charge in [0.2, 0.25) is 0 Å². The first-order valence-corrected chi connectivity index (χ1v) is 5.14. The highest BCUT2D eigenvalue weighted by molar-refractivity contribution is 5.77. The van der Waals surface area contributed by atoms with E-state index in [0.717, 1.165) is 13.2 Å². The second-order valence-corrected chi connectivity index (χ2v) is 3.56. The van der Waals surface area contributed by atoms with Crippen molar-refractivity contribution in [3.05, 3.63) is 23.0 Å². The van der Waals surface area contributed by atoms with Crippen molar-refractivity contribution in [1.82, 2.24) is 0 Å². The topological polar surface area (TPSA) is 65.0 Å². The highest BCUT2D eigenvalue weighted by Crippen LogP contribution is 2.37. The van der Waals surface area contributed by atoms with Crippen LogP contribution in [0.15, 0.2) is 6.07 Å². The second kappa shape index (κ2) is 5.68. The maximum Gasteiger partial charge on any atom is 0.339 e. The molecule has 0 spiro atoms. The van der Waals surface area contributed by atoms with Crippen LogP contribution in [0.25, 0.3) is 0 Å². The maximum absolute atomic E-state index is 13.7. The molecule has 0 aromatic heterocycles. The molecule has 0 heterocycles. The molecule has 6 heteroatoms. The number of halogens is 1. The van der Waals surface area contributed by atoms with Crippen molar-refractivity contribution in [2.24, 2.45) is 0 Å². The van der Waals surface area contributed by atoms with Crippen LogP contribution in [-0.4, -0.2) is 32.4 Å². The third kappa shape index (κ3) is 2.38. The number of benzene rings is 1. The van der Waals surface area contributed by atoms with Crippen LogP contribution in [0.3, 0.4) is 0 Å². The van der Waals surface area contributed by atoms with Gasteiger partial charge in [0.15, 0.2) is 23.4 Å². The number of ether oxygens (including phenoxy) is 3. The average Bonchev–Trinajstić information content (AvgIpc) is 2.38. The number of hydrogen-bond acceptors (Lipinski definition) is 5. The predicted octanol–water partition coefficient (Wildman–Crippen LogP) is 1.36.